The van der Waals surface area contributed by atoms with Gasteiger partial charge in [0, 0.05) is 25.0 Å². The summed E-state index contributed by atoms with van der Waals surface area (Å²) in [6, 6.07) is 7.73. The van der Waals surface area contributed by atoms with E-state index in [1.54, 1.807) is 6.20 Å². The molecule has 1 aromatic carbocycles. The zero-order valence-electron chi connectivity index (χ0n) is 13.2. The van der Waals surface area contributed by atoms with E-state index >= 15 is 0 Å². The fourth-order valence-electron chi connectivity index (χ4n) is 2.25. The summed E-state index contributed by atoms with van der Waals surface area (Å²) in [5, 5.41) is 0. The highest BCUT2D eigenvalue weighted by Crippen LogP contribution is 2.12. The minimum absolute atomic E-state index is 0.148. The zero-order chi connectivity index (χ0) is 15.4. The third-order valence-corrected chi connectivity index (χ3v) is 4.00. The summed E-state index contributed by atoms with van der Waals surface area (Å²) in [7, 11) is 3.92. The average molecular weight is 285 g/mol. The molecule has 0 spiro atoms. The van der Waals surface area contributed by atoms with Gasteiger partial charge in [-0.05, 0) is 26.0 Å². The lowest BCUT2D eigenvalue weighted by Crippen LogP contribution is -2.36. The molecule has 0 fully saturated rings. The van der Waals surface area contributed by atoms with Crippen LogP contribution in [0.25, 0.3) is 0 Å². The van der Waals surface area contributed by atoms with Crippen LogP contribution in [-0.2, 0) is 20.0 Å². The molecule has 0 N–H and O–H groups in total. The fourth-order valence-corrected chi connectivity index (χ4v) is 2.25. The van der Waals surface area contributed by atoms with Crippen LogP contribution >= 0.6 is 0 Å². The van der Waals surface area contributed by atoms with Crippen molar-refractivity contribution in [2.45, 2.75) is 32.9 Å². The Balaban J connectivity index is 2.05. The first kappa shape index (κ1) is 15.4. The summed E-state index contributed by atoms with van der Waals surface area (Å²) in [6.45, 7) is 4.71. The predicted octanol–water partition coefficient (Wildman–Crippen LogP) is 2.69. The lowest BCUT2D eigenvalue weighted by atomic mass is 10.0. The number of benzene rings is 1. The SMILES string of the molecule is CCc1ccc(C(=O)C(C)N(C)Cc2nccn2C)cc1. The van der Waals surface area contributed by atoms with Crippen molar-refractivity contribution in [3.63, 3.8) is 0 Å². The summed E-state index contributed by atoms with van der Waals surface area (Å²) in [6.07, 6.45) is 4.68. The van der Waals surface area contributed by atoms with Gasteiger partial charge in [0.05, 0.1) is 12.6 Å². The van der Waals surface area contributed by atoms with E-state index in [4.69, 9.17) is 0 Å². The Bertz CT molecular complexity index is 601. The van der Waals surface area contributed by atoms with Gasteiger partial charge in [-0.25, -0.2) is 4.98 Å². The molecule has 0 aliphatic carbocycles. The Morgan fingerprint density at radius 3 is 2.52 bits per heavy atom. The summed E-state index contributed by atoms with van der Waals surface area (Å²) in [4.78, 5) is 18.9. The van der Waals surface area contributed by atoms with Crippen molar-refractivity contribution in [3.05, 3.63) is 53.6 Å². The maximum atomic E-state index is 12.5. The van der Waals surface area contributed by atoms with E-state index in [0.29, 0.717) is 6.54 Å². The van der Waals surface area contributed by atoms with Crippen LogP contribution in [0.3, 0.4) is 0 Å². The van der Waals surface area contributed by atoms with Gasteiger partial charge in [0.25, 0.3) is 0 Å². The molecule has 0 bridgehead atoms. The van der Waals surface area contributed by atoms with Crippen molar-refractivity contribution in [3.8, 4) is 0 Å². The molecule has 0 saturated carbocycles. The second-order valence-electron chi connectivity index (χ2n) is 5.46. The molecular formula is C17H23N3O. The number of carbonyl (C=O) groups is 1. The van der Waals surface area contributed by atoms with Crippen molar-refractivity contribution in [2.75, 3.05) is 7.05 Å². The van der Waals surface area contributed by atoms with Crippen LogP contribution in [0.1, 0.15) is 35.6 Å². The van der Waals surface area contributed by atoms with Gasteiger partial charge in [-0.3, -0.25) is 9.69 Å². The van der Waals surface area contributed by atoms with Gasteiger partial charge >= 0.3 is 0 Å². The zero-order valence-corrected chi connectivity index (χ0v) is 13.2. The number of hydrogen-bond acceptors (Lipinski definition) is 3. The number of aromatic nitrogens is 2. The minimum atomic E-state index is -0.172. The predicted molar refractivity (Wildman–Crippen MR) is 84.3 cm³/mol. The van der Waals surface area contributed by atoms with E-state index in [9.17, 15) is 4.79 Å². The molecule has 1 unspecified atom stereocenters. The normalized spacial score (nSPS) is 12.6. The monoisotopic (exact) mass is 285 g/mol. The molecular weight excluding hydrogens is 262 g/mol. The number of Topliss-reactive ketones (excluding diaryl/α,β-unsaturated/α-hetero) is 1. The van der Waals surface area contributed by atoms with E-state index in [0.717, 1.165) is 17.8 Å². The molecule has 2 aromatic rings. The molecule has 0 radical (unpaired) electrons. The van der Waals surface area contributed by atoms with E-state index in [2.05, 4.69) is 11.9 Å². The molecule has 2 rings (SSSR count). The van der Waals surface area contributed by atoms with Gasteiger partial charge in [0.1, 0.15) is 5.82 Å². The van der Waals surface area contributed by atoms with E-state index in [1.165, 1.54) is 5.56 Å². The van der Waals surface area contributed by atoms with Gasteiger partial charge in [0.2, 0.25) is 0 Å². The van der Waals surface area contributed by atoms with Crippen LogP contribution in [0.2, 0.25) is 0 Å². The van der Waals surface area contributed by atoms with Crippen LogP contribution in [0.15, 0.2) is 36.7 Å². The van der Waals surface area contributed by atoms with Crippen LogP contribution in [0, 0.1) is 0 Å². The van der Waals surface area contributed by atoms with Crippen molar-refractivity contribution in [1.29, 1.82) is 0 Å². The topological polar surface area (TPSA) is 38.1 Å². The summed E-state index contributed by atoms with van der Waals surface area (Å²) in [5.41, 5.74) is 2.02. The Morgan fingerprint density at radius 2 is 2.00 bits per heavy atom. The lowest BCUT2D eigenvalue weighted by molar-refractivity contribution is 0.0859. The number of aryl methyl sites for hydroxylation is 2. The Morgan fingerprint density at radius 1 is 1.33 bits per heavy atom. The van der Waals surface area contributed by atoms with Gasteiger partial charge in [-0.1, -0.05) is 31.2 Å². The quantitative estimate of drug-likeness (QED) is 0.766. The highest BCUT2D eigenvalue weighted by molar-refractivity contribution is 5.99. The fraction of sp³-hybridized carbons (Fsp3) is 0.412. The Kier molecular flexibility index (Phi) is 4.91. The summed E-state index contributed by atoms with van der Waals surface area (Å²) >= 11 is 0. The maximum absolute atomic E-state index is 12.5. The number of likely N-dealkylation sites (N-methyl/N-ethyl adjacent to an activating group) is 1. The van der Waals surface area contributed by atoms with Crippen molar-refractivity contribution >= 4 is 5.78 Å². The maximum Gasteiger partial charge on any atom is 0.179 e. The van der Waals surface area contributed by atoms with Gasteiger partial charge in [0.15, 0.2) is 5.78 Å². The molecule has 4 heteroatoms. The van der Waals surface area contributed by atoms with Crippen LogP contribution < -0.4 is 0 Å². The molecule has 4 nitrogen and oxygen atoms in total. The van der Waals surface area contributed by atoms with E-state index in [-0.39, 0.29) is 11.8 Å². The Hall–Kier alpha value is -1.94. The first-order chi connectivity index (χ1) is 10.0. The Labute approximate surface area is 126 Å². The second kappa shape index (κ2) is 6.68. The number of rotatable bonds is 6. The van der Waals surface area contributed by atoms with E-state index < -0.39 is 0 Å². The molecule has 21 heavy (non-hydrogen) atoms. The number of carbonyl (C=O) groups excluding carboxylic acids is 1. The molecule has 0 amide bonds. The highest BCUT2D eigenvalue weighted by atomic mass is 16.1. The molecule has 0 aliphatic rings. The summed E-state index contributed by atoms with van der Waals surface area (Å²) < 4.78 is 1.98. The van der Waals surface area contributed by atoms with Crippen LogP contribution in [0.5, 0.6) is 0 Å². The first-order valence-electron chi connectivity index (χ1n) is 7.32. The van der Waals surface area contributed by atoms with Crippen molar-refractivity contribution in [1.82, 2.24) is 14.5 Å². The van der Waals surface area contributed by atoms with Gasteiger partial charge in [-0.15, -0.1) is 0 Å². The third-order valence-electron chi connectivity index (χ3n) is 4.00. The van der Waals surface area contributed by atoms with Crippen molar-refractivity contribution in [2.24, 2.45) is 7.05 Å². The number of ketones is 1. The van der Waals surface area contributed by atoms with Crippen LogP contribution in [-0.4, -0.2) is 33.3 Å². The number of imidazole rings is 1. The number of hydrogen-bond donors (Lipinski definition) is 0. The standard InChI is InChI=1S/C17H23N3O/c1-5-14-6-8-15(9-7-14)17(21)13(2)20(4)12-16-18-10-11-19(16)3/h6-11,13H,5,12H2,1-4H3. The van der Waals surface area contributed by atoms with E-state index in [1.807, 2.05) is 60.9 Å². The lowest BCUT2D eigenvalue weighted by Gasteiger charge is -2.23. The summed E-state index contributed by atoms with van der Waals surface area (Å²) in [5.74, 6) is 1.10. The third kappa shape index (κ3) is 3.58. The molecule has 1 heterocycles. The molecule has 1 aromatic heterocycles. The largest absolute Gasteiger partial charge is 0.337 e. The molecule has 1 atom stereocenters. The highest BCUT2D eigenvalue weighted by Gasteiger charge is 2.20. The average Bonchev–Trinajstić information content (AvgIpc) is 2.91. The van der Waals surface area contributed by atoms with Crippen molar-refractivity contribution < 1.29 is 4.79 Å². The number of nitrogens with zero attached hydrogens (tertiary/aromatic N) is 3. The van der Waals surface area contributed by atoms with Gasteiger partial charge in [-0.2, -0.15) is 0 Å². The smallest absolute Gasteiger partial charge is 0.179 e. The second-order valence-corrected chi connectivity index (χ2v) is 5.46. The molecule has 0 saturated heterocycles. The molecule has 112 valence electrons. The first-order valence-corrected chi connectivity index (χ1v) is 7.32. The molecule has 0 aliphatic heterocycles. The van der Waals surface area contributed by atoms with Crippen LogP contribution in [0.4, 0.5) is 0 Å². The van der Waals surface area contributed by atoms with Gasteiger partial charge < -0.3 is 4.57 Å². The minimum Gasteiger partial charge on any atom is -0.337 e.